The second-order valence-corrected chi connectivity index (χ2v) is 2.76. The van der Waals surface area contributed by atoms with Gasteiger partial charge < -0.3 is 0 Å². The third kappa shape index (κ3) is 2.50. The Bertz CT molecular complexity index is 28.0. The Morgan fingerprint density at radius 3 is 1.50 bits per heavy atom. The fourth-order valence-corrected chi connectivity index (χ4v) is 0.306. The summed E-state index contributed by atoms with van der Waals surface area (Å²) in [7, 11) is 3.86. The first-order chi connectivity index (χ1) is 2.81. The van der Waals surface area contributed by atoms with Crippen LogP contribution < -0.4 is 9.44 Å². The Morgan fingerprint density at radius 2 is 1.50 bits per heavy atom. The van der Waals surface area contributed by atoms with E-state index in [4.69, 9.17) is 0 Å². The van der Waals surface area contributed by atoms with Crippen molar-refractivity contribution in [2.45, 2.75) is 0 Å². The van der Waals surface area contributed by atoms with Crippen molar-refractivity contribution >= 4 is 11.3 Å². The van der Waals surface area contributed by atoms with Crippen LogP contribution in [0.5, 0.6) is 0 Å². The lowest BCUT2D eigenvalue weighted by Crippen LogP contribution is -2.29. The lowest BCUT2D eigenvalue weighted by molar-refractivity contribution is 1.18. The molecular formula is C3H11N2S+. The molecule has 3 heteroatoms. The molecular weight excluding hydrogens is 96.1 g/mol. The SMILES string of the molecule is CN[S+](C)NC. The zero-order valence-electron chi connectivity index (χ0n) is 4.41. The average Bonchev–Trinajstić information content (AvgIpc) is 1.65. The highest BCUT2D eigenvalue weighted by Crippen LogP contribution is 1.65. The maximum absolute atomic E-state index is 3.03. The highest BCUT2D eigenvalue weighted by atomic mass is 32.2. The van der Waals surface area contributed by atoms with Crippen LogP contribution >= 0.6 is 0 Å². The molecule has 38 valence electrons. The molecule has 0 saturated heterocycles. The largest absolute Gasteiger partial charge is 0.159 e. The van der Waals surface area contributed by atoms with Crippen LogP contribution in [0.1, 0.15) is 0 Å². The molecule has 0 aromatic heterocycles. The van der Waals surface area contributed by atoms with E-state index in [0.29, 0.717) is 0 Å². The van der Waals surface area contributed by atoms with Gasteiger partial charge in [-0.25, -0.2) is 0 Å². The highest BCUT2D eigenvalue weighted by molar-refractivity contribution is 7.92. The zero-order chi connectivity index (χ0) is 4.99. The van der Waals surface area contributed by atoms with Crippen molar-refractivity contribution in [3.8, 4) is 0 Å². The van der Waals surface area contributed by atoms with Gasteiger partial charge in [-0.3, -0.25) is 0 Å². The predicted octanol–water partition coefficient (Wildman–Crippen LogP) is -0.497. The smallest absolute Gasteiger partial charge is 0.124 e. The Morgan fingerprint density at radius 1 is 1.17 bits per heavy atom. The molecule has 0 atom stereocenters. The molecule has 6 heavy (non-hydrogen) atoms. The molecule has 0 spiro atoms. The summed E-state index contributed by atoms with van der Waals surface area (Å²) in [4.78, 5) is 0. The van der Waals surface area contributed by atoms with Crippen molar-refractivity contribution < 1.29 is 0 Å². The third-order valence-electron chi connectivity index (χ3n) is 0.612. The molecule has 0 heterocycles. The van der Waals surface area contributed by atoms with Crippen molar-refractivity contribution in [1.82, 2.24) is 9.44 Å². The average molecular weight is 107 g/mol. The second kappa shape index (κ2) is 3.46. The maximum Gasteiger partial charge on any atom is 0.159 e. The first kappa shape index (κ1) is 6.27. The molecule has 0 bridgehead atoms. The van der Waals surface area contributed by atoms with E-state index in [0.717, 1.165) is 0 Å². The molecule has 0 unspecified atom stereocenters. The predicted molar refractivity (Wildman–Crippen MR) is 31.4 cm³/mol. The molecule has 0 aromatic carbocycles. The normalized spacial score (nSPS) is 10.0. The number of hydrogen-bond donors (Lipinski definition) is 2. The Balaban J connectivity index is 2.75. The van der Waals surface area contributed by atoms with Crippen molar-refractivity contribution in [3.63, 3.8) is 0 Å². The van der Waals surface area contributed by atoms with E-state index in [-0.39, 0.29) is 11.3 Å². The van der Waals surface area contributed by atoms with Gasteiger partial charge in [0.15, 0.2) is 11.3 Å². The van der Waals surface area contributed by atoms with E-state index in [9.17, 15) is 0 Å². The van der Waals surface area contributed by atoms with E-state index < -0.39 is 0 Å². The lowest BCUT2D eigenvalue weighted by Gasteiger charge is -1.91. The summed E-state index contributed by atoms with van der Waals surface area (Å²) in [6.07, 6.45) is 2.08. The van der Waals surface area contributed by atoms with E-state index in [1.54, 1.807) is 0 Å². The first-order valence-electron chi connectivity index (χ1n) is 1.82. The quantitative estimate of drug-likeness (QED) is 0.465. The number of nitrogens with one attached hydrogen (secondary N) is 2. The van der Waals surface area contributed by atoms with Gasteiger partial charge in [-0.2, -0.15) is 0 Å². The van der Waals surface area contributed by atoms with E-state index in [1.165, 1.54) is 0 Å². The van der Waals surface area contributed by atoms with Gasteiger partial charge in [0.05, 0.1) is 0 Å². The molecule has 0 saturated carbocycles. The Hall–Kier alpha value is 0.270. The molecule has 0 rings (SSSR count). The van der Waals surface area contributed by atoms with Gasteiger partial charge in [0.2, 0.25) is 0 Å². The molecule has 0 aromatic rings. The van der Waals surface area contributed by atoms with E-state index >= 15 is 0 Å². The zero-order valence-corrected chi connectivity index (χ0v) is 5.22. The van der Waals surface area contributed by atoms with Crippen LogP contribution in [0.2, 0.25) is 0 Å². The fraction of sp³-hybridized carbons (Fsp3) is 1.00. The maximum atomic E-state index is 3.03. The van der Waals surface area contributed by atoms with Gasteiger partial charge in [0, 0.05) is 14.1 Å². The van der Waals surface area contributed by atoms with Crippen LogP contribution in [0.15, 0.2) is 0 Å². The molecule has 0 radical (unpaired) electrons. The first-order valence-corrected chi connectivity index (χ1v) is 3.45. The van der Waals surface area contributed by atoms with Gasteiger partial charge in [0.1, 0.15) is 6.26 Å². The molecule has 0 fully saturated rings. The highest BCUT2D eigenvalue weighted by Gasteiger charge is 1.97. The number of rotatable bonds is 2. The van der Waals surface area contributed by atoms with Gasteiger partial charge in [-0.15, -0.1) is 9.44 Å². The minimum Gasteiger partial charge on any atom is -0.124 e. The van der Waals surface area contributed by atoms with Crippen molar-refractivity contribution in [3.05, 3.63) is 0 Å². The van der Waals surface area contributed by atoms with Gasteiger partial charge in [-0.05, 0) is 0 Å². The van der Waals surface area contributed by atoms with Crippen molar-refractivity contribution in [2.24, 2.45) is 0 Å². The minimum absolute atomic E-state index is 0.216. The Labute approximate surface area is 41.9 Å². The second-order valence-electron chi connectivity index (χ2n) is 0.919. The summed E-state index contributed by atoms with van der Waals surface area (Å²) in [6, 6.07) is 0. The molecule has 0 aliphatic heterocycles. The van der Waals surface area contributed by atoms with Gasteiger partial charge in [-0.1, -0.05) is 0 Å². The Kier molecular flexibility index (Phi) is 3.62. The molecule has 0 amide bonds. The molecule has 2 nitrogen and oxygen atoms in total. The van der Waals surface area contributed by atoms with Crippen LogP contribution in [-0.2, 0) is 11.3 Å². The lowest BCUT2D eigenvalue weighted by atomic mass is 11.6. The standard InChI is InChI=1S/C3H10N2S/c1-4-6(3)5-2/h1-3H3,(H,4,5)/p+1. The summed E-state index contributed by atoms with van der Waals surface area (Å²) in [5.41, 5.74) is 0. The van der Waals surface area contributed by atoms with Crippen LogP contribution in [0.3, 0.4) is 0 Å². The third-order valence-corrected chi connectivity index (χ3v) is 1.84. The van der Waals surface area contributed by atoms with Crippen LogP contribution in [0, 0.1) is 0 Å². The summed E-state index contributed by atoms with van der Waals surface area (Å²) in [5, 5.41) is 0. The monoisotopic (exact) mass is 107 g/mol. The van der Waals surface area contributed by atoms with Crippen molar-refractivity contribution in [2.75, 3.05) is 20.4 Å². The molecule has 0 aliphatic carbocycles. The minimum atomic E-state index is 0.216. The van der Waals surface area contributed by atoms with Gasteiger partial charge in [0.25, 0.3) is 0 Å². The summed E-state index contributed by atoms with van der Waals surface area (Å²) in [5.74, 6) is 0. The molecule has 0 aliphatic rings. The van der Waals surface area contributed by atoms with E-state index in [1.807, 2.05) is 14.1 Å². The van der Waals surface area contributed by atoms with E-state index in [2.05, 4.69) is 15.7 Å². The van der Waals surface area contributed by atoms with Crippen LogP contribution in [0.4, 0.5) is 0 Å². The summed E-state index contributed by atoms with van der Waals surface area (Å²) >= 11 is 0.216. The fourth-order valence-electron chi connectivity index (χ4n) is 0.102. The summed E-state index contributed by atoms with van der Waals surface area (Å²) < 4.78 is 6.06. The summed E-state index contributed by atoms with van der Waals surface area (Å²) in [6.45, 7) is 0. The van der Waals surface area contributed by atoms with Crippen molar-refractivity contribution in [1.29, 1.82) is 0 Å². The van der Waals surface area contributed by atoms with Gasteiger partial charge >= 0.3 is 0 Å². The number of hydrogen-bond acceptors (Lipinski definition) is 2. The van der Waals surface area contributed by atoms with Crippen LogP contribution in [0.25, 0.3) is 0 Å². The molecule has 2 N–H and O–H groups in total. The van der Waals surface area contributed by atoms with Crippen LogP contribution in [-0.4, -0.2) is 20.4 Å². The topological polar surface area (TPSA) is 24.1 Å².